The number of nitrogens with one attached hydrogen (secondary N) is 1. The number of rotatable bonds is 10. The second-order valence-corrected chi connectivity index (χ2v) is 9.29. The van der Waals surface area contributed by atoms with E-state index in [1.54, 1.807) is 29.3 Å². The van der Waals surface area contributed by atoms with Crippen molar-refractivity contribution in [3.05, 3.63) is 93.9 Å². The Bertz CT molecular complexity index is 1500. The molecule has 9 nitrogen and oxygen atoms in total. The van der Waals surface area contributed by atoms with Crippen LogP contribution in [0.1, 0.15) is 11.5 Å². The summed E-state index contributed by atoms with van der Waals surface area (Å²) >= 11 is 6.97. The van der Waals surface area contributed by atoms with E-state index in [4.69, 9.17) is 16.3 Å². The summed E-state index contributed by atoms with van der Waals surface area (Å²) in [5, 5.41) is 11.5. The van der Waals surface area contributed by atoms with Gasteiger partial charge in [0, 0.05) is 19.7 Å². The number of nitrogens with zero attached hydrogens (tertiary/aromatic N) is 5. The quantitative estimate of drug-likeness (QED) is 0.236. The topological polar surface area (TPSA) is 96.0 Å². The molecule has 1 amide bonds. The summed E-state index contributed by atoms with van der Waals surface area (Å²) in [6.45, 7) is 5.97. The second-order valence-electron chi connectivity index (χ2n) is 7.94. The molecular formula is C25H24ClFN6O3S. The zero-order valence-electron chi connectivity index (χ0n) is 20.1. The van der Waals surface area contributed by atoms with Gasteiger partial charge < -0.3 is 10.1 Å². The number of amides is 1. The average Bonchev–Trinajstić information content (AvgIpc) is 3.37. The Balaban J connectivity index is 1.44. The summed E-state index contributed by atoms with van der Waals surface area (Å²) in [7, 11) is 1.76. The molecule has 4 aromatic rings. The number of hydrogen-bond acceptors (Lipinski definition) is 6. The lowest BCUT2D eigenvalue weighted by Crippen LogP contribution is -2.23. The lowest BCUT2D eigenvalue weighted by molar-refractivity contribution is -0.113. The standard InChI is InChI=1S/C25H24ClFN6O3S/c1-4-12-32-21(14-36-18-10-11-20(27)19(26)13-18)29-30-25(32)37-15-22(34)28-23-16(2)31(3)33(24(23)35)17-8-6-5-7-9-17/h4-11,13H,1,12,14-15H2,2-3H3,(H,28,34). The van der Waals surface area contributed by atoms with Crippen LogP contribution in [0.5, 0.6) is 5.75 Å². The lowest BCUT2D eigenvalue weighted by atomic mass is 10.3. The van der Waals surface area contributed by atoms with Crippen LogP contribution in [0.2, 0.25) is 5.02 Å². The minimum Gasteiger partial charge on any atom is -0.486 e. The van der Waals surface area contributed by atoms with Crippen molar-refractivity contribution in [1.29, 1.82) is 0 Å². The fraction of sp³-hybridized carbons (Fsp3) is 0.200. The number of thioether (sulfide) groups is 1. The molecule has 2 aromatic heterocycles. The third kappa shape index (κ3) is 5.78. The number of ether oxygens (including phenoxy) is 1. The summed E-state index contributed by atoms with van der Waals surface area (Å²) in [6.07, 6.45) is 1.67. The van der Waals surface area contributed by atoms with Crippen LogP contribution in [0, 0.1) is 12.7 Å². The van der Waals surface area contributed by atoms with Gasteiger partial charge in [-0.1, -0.05) is 47.6 Å². The third-order valence-electron chi connectivity index (χ3n) is 5.52. The van der Waals surface area contributed by atoms with Gasteiger partial charge in [-0.25, -0.2) is 9.07 Å². The minimum absolute atomic E-state index is 0.00279. The molecule has 4 rings (SSSR count). The van der Waals surface area contributed by atoms with Gasteiger partial charge in [-0.3, -0.25) is 18.8 Å². The van der Waals surface area contributed by atoms with Crippen LogP contribution in [0.3, 0.4) is 0 Å². The zero-order chi connectivity index (χ0) is 26.5. The van der Waals surface area contributed by atoms with Gasteiger partial charge in [0.15, 0.2) is 11.0 Å². The van der Waals surface area contributed by atoms with E-state index in [9.17, 15) is 14.0 Å². The SMILES string of the molecule is C=CCn1c(COc2ccc(F)c(Cl)c2)nnc1SCC(=O)Nc1c(C)n(C)n(-c2ccccc2)c1=O. The number of carbonyl (C=O) groups excluding carboxylic acids is 1. The molecule has 192 valence electrons. The first kappa shape index (κ1) is 26.2. The fourth-order valence-electron chi connectivity index (χ4n) is 3.58. The van der Waals surface area contributed by atoms with Gasteiger partial charge >= 0.3 is 0 Å². The Morgan fingerprint density at radius 3 is 2.70 bits per heavy atom. The maximum Gasteiger partial charge on any atom is 0.295 e. The molecule has 37 heavy (non-hydrogen) atoms. The highest BCUT2D eigenvalue weighted by Crippen LogP contribution is 2.23. The monoisotopic (exact) mass is 542 g/mol. The van der Waals surface area contributed by atoms with Crippen LogP contribution in [0.25, 0.3) is 5.69 Å². The van der Waals surface area contributed by atoms with E-state index in [0.29, 0.717) is 34.7 Å². The molecule has 0 aliphatic heterocycles. The van der Waals surface area contributed by atoms with Crippen molar-refractivity contribution >= 4 is 35.0 Å². The van der Waals surface area contributed by atoms with Crippen LogP contribution in [-0.4, -0.2) is 35.8 Å². The van der Waals surface area contributed by atoms with Gasteiger partial charge in [-0.15, -0.1) is 16.8 Å². The number of carbonyl (C=O) groups is 1. The first-order chi connectivity index (χ1) is 17.8. The molecule has 0 aliphatic carbocycles. The van der Waals surface area contributed by atoms with Crippen molar-refractivity contribution in [2.45, 2.75) is 25.2 Å². The average molecular weight is 543 g/mol. The number of allylic oxidation sites excluding steroid dienone is 1. The van der Waals surface area contributed by atoms with Crippen LogP contribution in [-0.2, 0) is 25.0 Å². The van der Waals surface area contributed by atoms with E-state index in [1.165, 1.54) is 34.6 Å². The molecule has 2 aromatic carbocycles. The van der Waals surface area contributed by atoms with E-state index in [-0.39, 0.29) is 34.5 Å². The van der Waals surface area contributed by atoms with Gasteiger partial charge in [0.1, 0.15) is 23.9 Å². The normalized spacial score (nSPS) is 10.9. The van der Waals surface area contributed by atoms with E-state index in [0.717, 1.165) is 0 Å². The van der Waals surface area contributed by atoms with Gasteiger partial charge in [0.05, 0.1) is 22.2 Å². The Kier molecular flexibility index (Phi) is 8.14. The Hall–Kier alpha value is -3.83. The van der Waals surface area contributed by atoms with Crippen LogP contribution < -0.4 is 15.6 Å². The molecule has 0 bridgehead atoms. The molecule has 0 saturated carbocycles. The number of hydrogen-bond donors (Lipinski definition) is 1. The molecule has 0 aliphatic rings. The van der Waals surface area contributed by atoms with Crippen molar-refractivity contribution < 1.29 is 13.9 Å². The number of aromatic nitrogens is 5. The highest BCUT2D eigenvalue weighted by Gasteiger charge is 2.19. The molecule has 0 atom stereocenters. The number of benzene rings is 2. The summed E-state index contributed by atoms with van der Waals surface area (Å²) in [6, 6.07) is 13.2. The van der Waals surface area contributed by atoms with E-state index in [2.05, 4.69) is 22.1 Å². The van der Waals surface area contributed by atoms with Crippen molar-refractivity contribution in [2.75, 3.05) is 11.1 Å². The Morgan fingerprint density at radius 2 is 2.00 bits per heavy atom. The first-order valence-corrected chi connectivity index (χ1v) is 12.5. The predicted molar refractivity (Wildman–Crippen MR) is 141 cm³/mol. The summed E-state index contributed by atoms with van der Waals surface area (Å²) in [4.78, 5) is 25.8. The van der Waals surface area contributed by atoms with Gasteiger partial charge in [-0.2, -0.15) is 0 Å². The first-order valence-electron chi connectivity index (χ1n) is 11.2. The smallest absolute Gasteiger partial charge is 0.295 e. The van der Waals surface area contributed by atoms with E-state index in [1.807, 2.05) is 30.3 Å². The van der Waals surface area contributed by atoms with Crippen LogP contribution >= 0.6 is 23.4 Å². The third-order valence-corrected chi connectivity index (χ3v) is 6.77. The number of para-hydroxylation sites is 1. The molecular weight excluding hydrogens is 519 g/mol. The molecule has 1 N–H and O–H groups in total. The maximum absolute atomic E-state index is 13.4. The van der Waals surface area contributed by atoms with Crippen LogP contribution in [0.4, 0.5) is 10.1 Å². The predicted octanol–water partition coefficient (Wildman–Crippen LogP) is 4.36. The van der Waals surface area contributed by atoms with Crippen molar-refractivity contribution in [3.8, 4) is 11.4 Å². The van der Waals surface area contributed by atoms with E-state index >= 15 is 0 Å². The largest absolute Gasteiger partial charge is 0.486 e. The zero-order valence-corrected chi connectivity index (χ0v) is 21.7. The number of halogens is 2. The van der Waals surface area contributed by atoms with Crippen molar-refractivity contribution in [2.24, 2.45) is 7.05 Å². The summed E-state index contributed by atoms with van der Waals surface area (Å²) in [5.41, 5.74) is 1.22. The summed E-state index contributed by atoms with van der Waals surface area (Å²) < 4.78 is 24.0. The van der Waals surface area contributed by atoms with Gasteiger partial charge in [0.2, 0.25) is 5.91 Å². The van der Waals surface area contributed by atoms with E-state index < -0.39 is 5.82 Å². The highest BCUT2D eigenvalue weighted by molar-refractivity contribution is 7.99. The highest BCUT2D eigenvalue weighted by atomic mass is 35.5. The second kappa shape index (κ2) is 11.5. The van der Waals surface area contributed by atoms with Gasteiger partial charge in [-0.05, 0) is 31.2 Å². The molecule has 0 fully saturated rings. The molecule has 0 radical (unpaired) electrons. The Morgan fingerprint density at radius 1 is 1.24 bits per heavy atom. The van der Waals surface area contributed by atoms with Crippen LogP contribution in [0.15, 0.2) is 71.1 Å². The fourth-order valence-corrected chi connectivity index (χ4v) is 4.51. The molecule has 0 saturated heterocycles. The summed E-state index contributed by atoms with van der Waals surface area (Å²) in [5.74, 6) is -0.0168. The van der Waals surface area contributed by atoms with Crippen molar-refractivity contribution in [1.82, 2.24) is 24.1 Å². The van der Waals surface area contributed by atoms with Gasteiger partial charge in [0.25, 0.3) is 5.56 Å². The number of anilines is 1. The lowest BCUT2D eigenvalue weighted by Gasteiger charge is -2.09. The van der Waals surface area contributed by atoms with Crippen molar-refractivity contribution in [3.63, 3.8) is 0 Å². The molecule has 12 heteroatoms. The molecule has 2 heterocycles. The minimum atomic E-state index is -0.537. The Labute approximate surface area is 221 Å². The molecule has 0 unspecified atom stereocenters. The maximum atomic E-state index is 13.4. The molecule has 0 spiro atoms.